The second-order valence-corrected chi connectivity index (χ2v) is 20.1. The minimum Gasteiger partial charge on any atom is -0.480 e. The number of benzene rings is 2. The van der Waals surface area contributed by atoms with Crippen LogP contribution in [0.4, 0.5) is 8.78 Å². The van der Waals surface area contributed by atoms with Gasteiger partial charge in [0.1, 0.15) is 24.3 Å². The van der Waals surface area contributed by atoms with Crippen LogP contribution in [0.25, 0.3) is 10.1 Å². The number of carbonyl (C=O) groups excluding carboxylic acids is 3. The summed E-state index contributed by atoms with van der Waals surface area (Å²) in [6.45, 7) is 4.54. The van der Waals surface area contributed by atoms with Gasteiger partial charge >= 0.3 is 13.5 Å². The van der Waals surface area contributed by atoms with Crippen LogP contribution in [-0.2, 0) is 18.9 Å². The first kappa shape index (κ1) is 41.0. The fraction of sp³-hybridized carbons (Fsp3) is 0.571. The Kier molecular flexibility index (Phi) is 11.3. The van der Waals surface area contributed by atoms with Crippen molar-refractivity contribution in [2.24, 2.45) is 0 Å². The third kappa shape index (κ3) is 7.85. The Bertz CT molecular complexity index is 2110. The SMILES string of the molecule is CCN(C1CC(F)C1)[C@H]1CC[C@H](NC(=O)c2cc3cc([C@@H](F)P(=O)(O)N[C@@H](C)C(=O)O)ccc3s2)C(=O)N2[C@H](CC[C@H]2C(=O)N2C[C@H](c3ccccc3)CC23CC3)C1. The van der Waals surface area contributed by atoms with Crippen LogP contribution < -0.4 is 10.4 Å². The van der Waals surface area contributed by atoms with Crippen molar-refractivity contribution >= 4 is 52.6 Å². The Labute approximate surface area is 340 Å². The molecule has 4 heterocycles. The number of alkyl halides is 2. The summed E-state index contributed by atoms with van der Waals surface area (Å²) in [4.78, 5) is 71.5. The average molecular weight is 840 g/mol. The lowest BCUT2D eigenvalue weighted by Crippen LogP contribution is -2.60. The first-order valence-corrected chi connectivity index (χ1v) is 23.1. The van der Waals surface area contributed by atoms with E-state index in [0.717, 1.165) is 44.1 Å². The van der Waals surface area contributed by atoms with Gasteiger partial charge in [0, 0.05) is 40.8 Å². The van der Waals surface area contributed by atoms with Gasteiger partial charge in [0.2, 0.25) is 17.7 Å². The summed E-state index contributed by atoms with van der Waals surface area (Å²) in [6, 6.07) is 12.9. The van der Waals surface area contributed by atoms with Crippen LogP contribution in [0, 0.1) is 0 Å². The third-order valence-electron chi connectivity index (χ3n) is 13.4. The van der Waals surface area contributed by atoms with E-state index in [0.29, 0.717) is 61.6 Å². The molecule has 3 amide bonds. The quantitative estimate of drug-likeness (QED) is 0.150. The predicted octanol–water partition coefficient (Wildman–Crippen LogP) is 6.50. The smallest absolute Gasteiger partial charge is 0.320 e. The second kappa shape index (κ2) is 16.0. The van der Waals surface area contributed by atoms with Gasteiger partial charge in [-0.15, -0.1) is 11.3 Å². The molecule has 5 fully saturated rings. The molecule has 3 aromatic rings. The normalized spacial score (nSPS) is 30.0. The van der Waals surface area contributed by atoms with Crippen LogP contribution in [0.15, 0.2) is 54.6 Å². The number of carboxylic acids is 1. The van der Waals surface area contributed by atoms with Gasteiger partial charge in [0.15, 0.2) is 0 Å². The number of rotatable bonds is 12. The molecule has 2 aromatic carbocycles. The number of aliphatic carboxylic acids is 1. The lowest BCUT2D eigenvalue weighted by molar-refractivity contribution is -0.148. The molecular weight excluding hydrogens is 788 g/mol. The van der Waals surface area contributed by atoms with Gasteiger partial charge in [-0.2, -0.15) is 0 Å². The molecule has 3 aliphatic heterocycles. The predicted molar refractivity (Wildman–Crippen MR) is 216 cm³/mol. The van der Waals surface area contributed by atoms with Crippen molar-refractivity contribution in [1.29, 1.82) is 0 Å². The van der Waals surface area contributed by atoms with Gasteiger partial charge in [-0.25, -0.2) is 13.9 Å². The van der Waals surface area contributed by atoms with Gasteiger partial charge in [0.05, 0.1) is 4.88 Å². The topological polar surface area (TPSA) is 160 Å². The van der Waals surface area contributed by atoms with E-state index in [1.54, 1.807) is 4.90 Å². The molecule has 16 heteroatoms. The molecule has 1 spiro atoms. The van der Waals surface area contributed by atoms with E-state index in [-0.39, 0.29) is 51.8 Å². The van der Waals surface area contributed by atoms with Gasteiger partial charge in [-0.05, 0) is 112 Å². The molecule has 5 aliphatic rings. The average Bonchev–Trinajstić information content (AvgIpc) is 3.48. The van der Waals surface area contributed by atoms with Crippen LogP contribution >= 0.6 is 18.9 Å². The van der Waals surface area contributed by atoms with E-state index in [9.17, 15) is 33.0 Å². The van der Waals surface area contributed by atoms with Crippen molar-refractivity contribution in [2.45, 2.75) is 138 Å². The zero-order chi connectivity index (χ0) is 41.1. The van der Waals surface area contributed by atoms with Gasteiger partial charge in [0.25, 0.3) is 5.91 Å². The molecule has 2 saturated carbocycles. The van der Waals surface area contributed by atoms with E-state index in [2.05, 4.69) is 34.2 Å². The summed E-state index contributed by atoms with van der Waals surface area (Å²) >= 11 is 1.13. The number of likely N-dealkylation sites (tertiary alicyclic amines) is 1. The van der Waals surface area contributed by atoms with E-state index < -0.39 is 49.6 Å². The molecule has 3 saturated heterocycles. The highest BCUT2D eigenvalue weighted by molar-refractivity contribution is 7.56. The maximum Gasteiger partial charge on any atom is 0.320 e. The molecule has 1 unspecified atom stereocenters. The first-order chi connectivity index (χ1) is 27.7. The molecule has 8 rings (SSSR count). The Morgan fingerprint density at radius 2 is 1.78 bits per heavy atom. The number of carbonyl (C=O) groups is 4. The summed E-state index contributed by atoms with van der Waals surface area (Å²) in [5.74, 6) is -4.41. The van der Waals surface area contributed by atoms with Gasteiger partial charge in [-0.3, -0.25) is 28.6 Å². The summed E-state index contributed by atoms with van der Waals surface area (Å²) in [5, 5.41) is 14.5. The Balaban J connectivity index is 1.04. The Morgan fingerprint density at radius 3 is 2.45 bits per heavy atom. The summed E-state index contributed by atoms with van der Waals surface area (Å²) in [7, 11) is -4.78. The largest absolute Gasteiger partial charge is 0.480 e. The summed E-state index contributed by atoms with van der Waals surface area (Å²) in [6.07, 6.45) is 5.73. The van der Waals surface area contributed by atoms with Crippen molar-refractivity contribution in [2.75, 3.05) is 13.1 Å². The van der Waals surface area contributed by atoms with E-state index in [4.69, 9.17) is 5.11 Å². The highest BCUT2D eigenvalue weighted by Gasteiger charge is 2.59. The Hall–Kier alpha value is -3.75. The van der Waals surface area contributed by atoms with E-state index >= 15 is 4.39 Å². The molecule has 2 aliphatic carbocycles. The molecule has 58 heavy (non-hydrogen) atoms. The molecule has 312 valence electrons. The first-order valence-electron chi connectivity index (χ1n) is 20.6. The summed E-state index contributed by atoms with van der Waals surface area (Å²) in [5.41, 5.74) is 0.872. The fourth-order valence-electron chi connectivity index (χ4n) is 10.1. The van der Waals surface area contributed by atoms with Crippen LogP contribution in [0.1, 0.15) is 111 Å². The maximum absolute atomic E-state index is 15.4. The maximum atomic E-state index is 15.4. The van der Waals surface area contributed by atoms with Crippen molar-refractivity contribution in [3.05, 3.63) is 70.6 Å². The van der Waals surface area contributed by atoms with Crippen molar-refractivity contribution < 1.29 is 42.5 Å². The van der Waals surface area contributed by atoms with Gasteiger partial charge in [-0.1, -0.05) is 43.3 Å². The van der Waals surface area contributed by atoms with Crippen LogP contribution in [0.5, 0.6) is 0 Å². The molecule has 12 nitrogen and oxygen atoms in total. The van der Waals surface area contributed by atoms with E-state index in [1.807, 2.05) is 23.3 Å². The Morgan fingerprint density at radius 1 is 1.03 bits per heavy atom. The van der Waals surface area contributed by atoms with Crippen molar-refractivity contribution in [3.63, 3.8) is 0 Å². The van der Waals surface area contributed by atoms with Crippen molar-refractivity contribution in [3.8, 4) is 0 Å². The van der Waals surface area contributed by atoms with Crippen LogP contribution in [-0.4, -0.2) is 109 Å². The fourth-order valence-corrected chi connectivity index (χ4v) is 12.4. The minimum absolute atomic E-state index is 0.0212. The zero-order valence-electron chi connectivity index (χ0n) is 32.8. The molecule has 8 atom stereocenters. The number of thiophene rings is 1. The second-order valence-electron chi connectivity index (χ2n) is 17.1. The third-order valence-corrected chi connectivity index (χ3v) is 16.2. The number of nitrogens with zero attached hydrogens (tertiary/aromatic N) is 3. The highest BCUT2D eigenvalue weighted by atomic mass is 32.1. The number of halogens is 2. The number of fused-ring (bicyclic) bond motifs is 2. The lowest BCUT2D eigenvalue weighted by atomic mass is 9.85. The van der Waals surface area contributed by atoms with Crippen LogP contribution in [0.3, 0.4) is 0 Å². The number of carboxylic acid groups (broad SMARTS) is 1. The molecule has 0 bridgehead atoms. The number of nitrogens with one attached hydrogen (secondary N) is 2. The van der Waals surface area contributed by atoms with Crippen LogP contribution in [0.2, 0.25) is 0 Å². The van der Waals surface area contributed by atoms with Gasteiger partial charge < -0.3 is 25.1 Å². The number of amides is 3. The molecular formula is C42H52F2N5O7PS. The standard InChI is InChI=1S/C42H52F2N5O7PS/c1-3-47(32-19-29(43)20-32)30-10-12-33(45-38(50)36-18-27-17-26(9-14-35(27)58-36)37(44)57(55,56)46-24(2)41(53)54)39(51)49-31(21-30)11-13-34(49)40(52)48-23-28(22-42(48)15-16-42)25-7-5-4-6-8-25/h4-9,14,17-18,24,28-34,37H,3,10-13,15-16,19-23H2,1-2H3,(H,45,50)(H,53,54)(H2,46,55,56)/t24-,28+,29?,30-,31+,32?,33-,34-,37-/m0/s1. The summed E-state index contributed by atoms with van der Waals surface area (Å²) < 4.78 is 42.8. The monoisotopic (exact) mass is 839 g/mol. The highest BCUT2D eigenvalue weighted by Crippen LogP contribution is 2.55. The number of hydrogen-bond donors (Lipinski definition) is 4. The molecule has 1 aromatic heterocycles. The lowest BCUT2D eigenvalue weighted by Gasteiger charge is -2.47. The molecule has 0 radical (unpaired) electrons. The van der Waals surface area contributed by atoms with Crippen molar-refractivity contribution in [1.82, 2.24) is 25.1 Å². The zero-order valence-corrected chi connectivity index (χ0v) is 34.5. The number of hydrogen-bond acceptors (Lipinski definition) is 7. The minimum atomic E-state index is -4.78. The molecule has 4 N–H and O–H groups in total. The van der Waals surface area contributed by atoms with E-state index in [1.165, 1.54) is 29.8 Å².